The van der Waals surface area contributed by atoms with Crippen LogP contribution >= 0.6 is 23.1 Å². The molecule has 1 amide bonds. The van der Waals surface area contributed by atoms with Crippen LogP contribution in [0.1, 0.15) is 23.5 Å². The molecule has 1 aromatic rings. The molecule has 0 saturated carbocycles. The van der Waals surface area contributed by atoms with Crippen molar-refractivity contribution in [1.82, 2.24) is 4.90 Å². The van der Waals surface area contributed by atoms with Crippen LogP contribution in [0, 0.1) is 0 Å². The number of carbonyl (C=O) groups is 1. The van der Waals surface area contributed by atoms with Gasteiger partial charge in [-0.2, -0.15) is 0 Å². The van der Waals surface area contributed by atoms with E-state index in [4.69, 9.17) is 10.5 Å². The van der Waals surface area contributed by atoms with E-state index in [0.717, 1.165) is 9.90 Å². The van der Waals surface area contributed by atoms with Crippen LogP contribution in [-0.4, -0.2) is 50.4 Å². The van der Waals surface area contributed by atoms with Gasteiger partial charge in [0.25, 0.3) is 5.91 Å². The van der Waals surface area contributed by atoms with Gasteiger partial charge in [0.05, 0.1) is 23.3 Å². The molecule has 3 N–H and O–H groups in total. The van der Waals surface area contributed by atoms with Crippen molar-refractivity contribution in [2.24, 2.45) is 0 Å². The van der Waals surface area contributed by atoms with Crippen LogP contribution in [0.5, 0.6) is 0 Å². The van der Waals surface area contributed by atoms with Gasteiger partial charge < -0.3 is 20.7 Å². The zero-order chi connectivity index (χ0) is 15.3. The Hall–Kier alpha value is -0.920. The number of nitrogen functional groups attached to an aromatic ring is 1. The van der Waals surface area contributed by atoms with Crippen LogP contribution in [0.25, 0.3) is 0 Å². The number of ether oxygens (including phenoxy) is 1. The Morgan fingerprint density at radius 2 is 2.15 bits per heavy atom. The molecule has 0 aliphatic heterocycles. The lowest BCUT2D eigenvalue weighted by Crippen LogP contribution is -2.21. The van der Waals surface area contributed by atoms with Gasteiger partial charge in [-0.3, -0.25) is 4.79 Å². The van der Waals surface area contributed by atoms with E-state index in [1.165, 1.54) is 16.2 Å². The summed E-state index contributed by atoms with van der Waals surface area (Å²) in [5.74, 6) is -0.0609. The smallest absolute Gasteiger partial charge is 0.265 e. The summed E-state index contributed by atoms with van der Waals surface area (Å²) in [4.78, 5) is 15.1. The molecular formula is C13H23N3O2S2. The van der Waals surface area contributed by atoms with Gasteiger partial charge in [-0.1, -0.05) is 0 Å². The Morgan fingerprint density at radius 1 is 1.50 bits per heavy atom. The Kier molecular flexibility index (Phi) is 6.64. The third-order valence-electron chi connectivity index (χ3n) is 2.54. The molecule has 0 radical (unpaired) electrons. The average Bonchev–Trinajstić information content (AvgIpc) is 2.69. The Bertz CT molecular complexity index is 459. The maximum Gasteiger partial charge on any atom is 0.265 e. The highest BCUT2D eigenvalue weighted by Gasteiger charge is 2.21. The maximum absolute atomic E-state index is 12.1. The first-order valence-electron chi connectivity index (χ1n) is 6.41. The van der Waals surface area contributed by atoms with Crippen LogP contribution in [0.3, 0.4) is 0 Å². The molecule has 0 saturated heterocycles. The van der Waals surface area contributed by atoms with E-state index in [-0.39, 0.29) is 12.0 Å². The van der Waals surface area contributed by atoms with Crippen LogP contribution < -0.4 is 11.1 Å². The van der Waals surface area contributed by atoms with Crippen LogP contribution in [-0.2, 0) is 4.74 Å². The second-order valence-corrected chi connectivity index (χ2v) is 6.59. The highest BCUT2D eigenvalue weighted by atomic mass is 32.2. The lowest BCUT2D eigenvalue weighted by atomic mass is 10.3. The number of carbonyl (C=O) groups excluding carboxylic acids is 1. The summed E-state index contributed by atoms with van der Waals surface area (Å²) in [6.07, 6.45) is 2.18. The predicted molar refractivity (Wildman–Crippen MR) is 88.1 cm³/mol. The van der Waals surface area contributed by atoms with Gasteiger partial charge in [0.2, 0.25) is 0 Å². The molecule has 5 nitrogen and oxygen atoms in total. The zero-order valence-electron chi connectivity index (χ0n) is 12.6. The van der Waals surface area contributed by atoms with Crippen LogP contribution in [0.2, 0.25) is 0 Å². The van der Waals surface area contributed by atoms with E-state index in [1.54, 1.807) is 25.9 Å². The number of thiophene rings is 1. The summed E-state index contributed by atoms with van der Waals surface area (Å²) in [5.41, 5.74) is 6.64. The van der Waals surface area contributed by atoms with Gasteiger partial charge in [0, 0.05) is 20.6 Å². The Balaban J connectivity index is 2.80. The quantitative estimate of drug-likeness (QED) is 0.597. The molecule has 1 rings (SSSR count). The topological polar surface area (TPSA) is 67.6 Å². The minimum absolute atomic E-state index is 0.0609. The number of hydrogen-bond donors (Lipinski definition) is 2. The minimum Gasteiger partial charge on any atom is -0.396 e. The number of nitrogens with two attached hydrogens (primary N) is 1. The third-order valence-corrected chi connectivity index (χ3v) is 4.66. The normalized spacial score (nSPS) is 10.9. The van der Waals surface area contributed by atoms with Crippen molar-refractivity contribution in [2.75, 3.05) is 44.6 Å². The summed E-state index contributed by atoms with van der Waals surface area (Å²) in [6.45, 7) is 5.33. The fraction of sp³-hybridized carbons (Fsp3) is 0.615. The first-order valence-corrected chi connectivity index (χ1v) is 8.46. The van der Waals surface area contributed by atoms with Crippen LogP contribution in [0.15, 0.2) is 4.90 Å². The first-order chi connectivity index (χ1) is 9.38. The second kappa shape index (κ2) is 7.75. The van der Waals surface area contributed by atoms with Gasteiger partial charge in [0.1, 0.15) is 9.88 Å². The van der Waals surface area contributed by atoms with Gasteiger partial charge in [-0.05, 0) is 20.1 Å². The first kappa shape index (κ1) is 17.1. The molecule has 0 bridgehead atoms. The van der Waals surface area contributed by atoms with E-state index in [2.05, 4.69) is 5.32 Å². The largest absolute Gasteiger partial charge is 0.396 e. The van der Waals surface area contributed by atoms with Crippen molar-refractivity contribution in [1.29, 1.82) is 0 Å². The summed E-state index contributed by atoms with van der Waals surface area (Å²) < 4.78 is 5.49. The van der Waals surface area contributed by atoms with Gasteiger partial charge >= 0.3 is 0 Å². The number of hydrogen-bond acceptors (Lipinski definition) is 6. The second-order valence-electron chi connectivity index (χ2n) is 4.75. The lowest BCUT2D eigenvalue weighted by Gasteiger charge is -2.09. The molecule has 0 fully saturated rings. The summed E-state index contributed by atoms with van der Waals surface area (Å²) in [6, 6.07) is 0. The van der Waals surface area contributed by atoms with Crippen molar-refractivity contribution >= 4 is 39.7 Å². The standard InChI is InChI=1S/C13H23N3O2S2/c1-8(2)18-7-6-15-12-10(19-5)9(14)11(20-12)13(17)16(3)4/h8,15H,6-7,14H2,1-5H3. The number of anilines is 2. The lowest BCUT2D eigenvalue weighted by molar-refractivity contribution is 0.0832. The molecule has 0 aromatic carbocycles. The fourth-order valence-electron chi connectivity index (χ4n) is 1.57. The van der Waals surface area contributed by atoms with Crippen molar-refractivity contribution in [3.8, 4) is 0 Å². The Labute approximate surface area is 128 Å². The third kappa shape index (κ3) is 4.29. The molecule has 0 atom stereocenters. The average molecular weight is 317 g/mol. The summed E-state index contributed by atoms with van der Waals surface area (Å²) in [7, 11) is 3.45. The molecule has 0 unspecified atom stereocenters. The zero-order valence-corrected chi connectivity index (χ0v) is 14.3. The van der Waals surface area contributed by atoms with Gasteiger partial charge in [-0.15, -0.1) is 23.1 Å². The number of nitrogens with zero attached hydrogens (tertiary/aromatic N) is 1. The van der Waals surface area contributed by atoms with Crippen molar-refractivity contribution < 1.29 is 9.53 Å². The number of thioether (sulfide) groups is 1. The maximum atomic E-state index is 12.1. The fourth-order valence-corrected chi connectivity index (χ4v) is 3.65. The molecule has 0 spiro atoms. The number of rotatable bonds is 7. The Morgan fingerprint density at radius 3 is 2.65 bits per heavy atom. The molecule has 114 valence electrons. The minimum atomic E-state index is -0.0609. The molecule has 0 aliphatic rings. The van der Waals surface area contributed by atoms with Crippen LogP contribution in [0.4, 0.5) is 10.7 Å². The number of nitrogens with one attached hydrogen (secondary N) is 1. The van der Waals surface area contributed by atoms with Crippen molar-refractivity contribution in [3.05, 3.63) is 4.88 Å². The highest BCUT2D eigenvalue weighted by Crippen LogP contribution is 2.41. The number of amides is 1. The van der Waals surface area contributed by atoms with E-state index in [0.29, 0.717) is 23.7 Å². The van der Waals surface area contributed by atoms with Gasteiger partial charge in [0.15, 0.2) is 0 Å². The van der Waals surface area contributed by atoms with E-state index in [9.17, 15) is 4.79 Å². The SMILES string of the molecule is CSc1c(NCCOC(C)C)sc(C(=O)N(C)C)c1N. The molecule has 1 aromatic heterocycles. The molecule has 7 heteroatoms. The molecule has 0 aliphatic carbocycles. The predicted octanol–water partition coefficient (Wildman–Crippen LogP) is 2.59. The van der Waals surface area contributed by atoms with Gasteiger partial charge in [-0.25, -0.2) is 0 Å². The van der Waals surface area contributed by atoms with Crippen molar-refractivity contribution in [2.45, 2.75) is 24.8 Å². The van der Waals surface area contributed by atoms with E-state index < -0.39 is 0 Å². The van der Waals surface area contributed by atoms with E-state index in [1.807, 2.05) is 20.1 Å². The van der Waals surface area contributed by atoms with Crippen molar-refractivity contribution in [3.63, 3.8) is 0 Å². The highest BCUT2D eigenvalue weighted by molar-refractivity contribution is 7.99. The molecule has 20 heavy (non-hydrogen) atoms. The monoisotopic (exact) mass is 317 g/mol. The van der Waals surface area contributed by atoms with E-state index >= 15 is 0 Å². The molecular weight excluding hydrogens is 294 g/mol. The summed E-state index contributed by atoms with van der Waals surface area (Å²) >= 11 is 2.95. The summed E-state index contributed by atoms with van der Waals surface area (Å²) in [5, 5.41) is 4.23. The molecule has 1 heterocycles.